The summed E-state index contributed by atoms with van der Waals surface area (Å²) in [5.74, 6) is -0.0458. The molecular formula is C13H16O2. The van der Waals surface area contributed by atoms with Crippen LogP contribution in [0.3, 0.4) is 0 Å². The number of carboxylic acid groups (broad SMARTS) is 1. The van der Waals surface area contributed by atoms with E-state index >= 15 is 0 Å². The first-order valence-corrected chi connectivity index (χ1v) is 5.42. The average Bonchev–Trinajstić information content (AvgIpc) is 2.97. The molecule has 0 amide bonds. The van der Waals surface area contributed by atoms with Crippen molar-refractivity contribution in [3.05, 3.63) is 35.4 Å². The van der Waals surface area contributed by atoms with Gasteiger partial charge in [-0.25, -0.2) is 0 Å². The number of aliphatic carboxylic acids is 1. The van der Waals surface area contributed by atoms with E-state index in [0.29, 0.717) is 5.92 Å². The zero-order valence-corrected chi connectivity index (χ0v) is 9.10. The number of carbonyl (C=O) groups is 1. The van der Waals surface area contributed by atoms with Gasteiger partial charge >= 0.3 is 5.97 Å². The second-order valence-corrected chi connectivity index (χ2v) is 4.61. The quantitative estimate of drug-likeness (QED) is 0.821. The topological polar surface area (TPSA) is 37.3 Å². The van der Waals surface area contributed by atoms with Crippen LogP contribution in [-0.4, -0.2) is 11.1 Å². The summed E-state index contributed by atoms with van der Waals surface area (Å²) in [6, 6.07) is 8.33. The molecule has 0 unspecified atom stereocenters. The fraction of sp³-hybridized carbons (Fsp3) is 0.462. The third-order valence-electron chi connectivity index (χ3n) is 3.11. The monoisotopic (exact) mass is 204 g/mol. The molecule has 1 fully saturated rings. The smallest absolute Gasteiger partial charge is 0.307 e. The lowest BCUT2D eigenvalue weighted by Gasteiger charge is -2.07. The Kier molecular flexibility index (Phi) is 2.51. The van der Waals surface area contributed by atoms with Gasteiger partial charge in [0, 0.05) is 0 Å². The van der Waals surface area contributed by atoms with Gasteiger partial charge in [0.15, 0.2) is 0 Å². The van der Waals surface area contributed by atoms with E-state index in [2.05, 4.69) is 26.0 Å². The predicted molar refractivity (Wildman–Crippen MR) is 59.0 cm³/mol. The molecule has 2 atom stereocenters. The van der Waals surface area contributed by atoms with Crippen molar-refractivity contribution in [3.63, 3.8) is 0 Å². The number of benzene rings is 1. The van der Waals surface area contributed by atoms with Gasteiger partial charge in [0.25, 0.3) is 0 Å². The first kappa shape index (κ1) is 10.2. The highest BCUT2D eigenvalue weighted by molar-refractivity contribution is 5.75. The van der Waals surface area contributed by atoms with Crippen LogP contribution in [0, 0.1) is 5.92 Å². The van der Waals surface area contributed by atoms with Crippen molar-refractivity contribution in [2.24, 2.45) is 5.92 Å². The van der Waals surface area contributed by atoms with E-state index in [1.165, 1.54) is 11.1 Å². The van der Waals surface area contributed by atoms with Gasteiger partial charge in [0.1, 0.15) is 0 Å². The zero-order chi connectivity index (χ0) is 11.0. The van der Waals surface area contributed by atoms with Gasteiger partial charge in [-0.3, -0.25) is 4.79 Å². The molecule has 0 saturated heterocycles. The summed E-state index contributed by atoms with van der Waals surface area (Å²) in [7, 11) is 0. The minimum Gasteiger partial charge on any atom is -0.481 e. The summed E-state index contributed by atoms with van der Waals surface area (Å²) in [6.07, 6.45) is 0.802. The van der Waals surface area contributed by atoms with E-state index in [0.717, 1.165) is 6.42 Å². The van der Waals surface area contributed by atoms with Crippen LogP contribution in [-0.2, 0) is 4.79 Å². The second-order valence-electron chi connectivity index (χ2n) is 4.61. The van der Waals surface area contributed by atoms with E-state index in [9.17, 15) is 4.79 Å². The van der Waals surface area contributed by atoms with Gasteiger partial charge in [0.2, 0.25) is 0 Å². The summed E-state index contributed by atoms with van der Waals surface area (Å²) in [6.45, 7) is 4.31. The van der Waals surface area contributed by atoms with Crippen molar-refractivity contribution in [3.8, 4) is 0 Å². The molecule has 15 heavy (non-hydrogen) atoms. The Morgan fingerprint density at radius 1 is 1.47 bits per heavy atom. The van der Waals surface area contributed by atoms with Crippen molar-refractivity contribution in [2.45, 2.75) is 32.1 Å². The Morgan fingerprint density at radius 3 is 2.73 bits per heavy atom. The maximum absolute atomic E-state index is 10.8. The average molecular weight is 204 g/mol. The van der Waals surface area contributed by atoms with Crippen molar-refractivity contribution in [1.82, 2.24) is 0 Å². The van der Waals surface area contributed by atoms with E-state index in [4.69, 9.17) is 5.11 Å². The second kappa shape index (κ2) is 3.69. The summed E-state index contributed by atoms with van der Waals surface area (Å²) in [5.41, 5.74) is 2.48. The summed E-state index contributed by atoms with van der Waals surface area (Å²) >= 11 is 0. The molecule has 2 heteroatoms. The number of carboxylic acids is 1. The lowest BCUT2D eigenvalue weighted by molar-refractivity contribution is -0.138. The molecule has 1 aromatic rings. The Hall–Kier alpha value is -1.31. The number of rotatable bonds is 3. The van der Waals surface area contributed by atoms with Crippen LogP contribution >= 0.6 is 0 Å². The van der Waals surface area contributed by atoms with Crippen LogP contribution in [0.4, 0.5) is 0 Å². The van der Waals surface area contributed by atoms with Gasteiger partial charge in [-0.15, -0.1) is 0 Å². The molecule has 1 N–H and O–H groups in total. The highest BCUT2D eigenvalue weighted by Gasteiger charge is 2.44. The maximum Gasteiger partial charge on any atom is 0.307 e. The van der Waals surface area contributed by atoms with Crippen LogP contribution in [0.2, 0.25) is 0 Å². The van der Waals surface area contributed by atoms with Crippen LogP contribution in [0.25, 0.3) is 0 Å². The Bertz CT molecular complexity index is 382. The fourth-order valence-corrected chi connectivity index (χ4v) is 1.99. The molecular weight excluding hydrogens is 188 g/mol. The molecule has 2 rings (SSSR count). The normalized spacial score (nSPS) is 24.2. The highest BCUT2D eigenvalue weighted by Crippen LogP contribution is 2.47. The van der Waals surface area contributed by atoms with Gasteiger partial charge < -0.3 is 5.11 Å². The molecule has 2 nitrogen and oxygen atoms in total. The van der Waals surface area contributed by atoms with Gasteiger partial charge in [-0.05, 0) is 29.4 Å². The molecule has 0 radical (unpaired) electrons. The third kappa shape index (κ3) is 2.04. The lowest BCUT2D eigenvalue weighted by atomic mass is 9.98. The maximum atomic E-state index is 10.8. The predicted octanol–water partition coefficient (Wildman–Crippen LogP) is 3.00. The van der Waals surface area contributed by atoms with Crippen LogP contribution < -0.4 is 0 Å². The fourth-order valence-electron chi connectivity index (χ4n) is 1.99. The SMILES string of the molecule is CC(C)c1cccc([C@@H]2C[C@H]2C(=O)O)c1. The Balaban J connectivity index is 2.17. The molecule has 1 saturated carbocycles. The number of hydrogen-bond donors (Lipinski definition) is 1. The summed E-state index contributed by atoms with van der Waals surface area (Å²) < 4.78 is 0. The molecule has 80 valence electrons. The summed E-state index contributed by atoms with van der Waals surface area (Å²) in [4.78, 5) is 10.8. The molecule has 1 aliphatic carbocycles. The van der Waals surface area contributed by atoms with Crippen molar-refractivity contribution in [2.75, 3.05) is 0 Å². The standard InChI is InChI=1S/C13H16O2/c1-8(2)9-4-3-5-10(6-9)11-7-12(11)13(14)15/h3-6,8,11-12H,7H2,1-2H3,(H,14,15)/t11-,12+/m0/s1. The van der Waals surface area contributed by atoms with Gasteiger partial charge in [0.05, 0.1) is 5.92 Å². The van der Waals surface area contributed by atoms with Crippen molar-refractivity contribution in [1.29, 1.82) is 0 Å². The van der Waals surface area contributed by atoms with Crippen LogP contribution in [0.15, 0.2) is 24.3 Å². The largest absolute Gasteiger partial charge is 0.481 e. The van der Waals surface area contributed by atoms with E-state index in [1.54, 1.807) is 0 Å². The Labute approximate surface area is 89.9 Å². The third-order valence-corrected chi connectivity index (χ3v) is 3.11. The van der Waals surface area contributed by atoms with Crippen LogP contribution in [0.5, 0.6) is 0 Å². The lowest BCUT2D eigenvalue weighted by Crippen LogP contribution is -1.99. The van der Waals surface area contributed by atoms with E-state index in [1.807, 2.05) is 12.1 Å². The summed E-state index contributed by atoms with van der Waals surface area (Å²) in [5, 5.41) is 8.86. The minimum atomic E-state index is -0.657. The molecule has 1 aliphatic rings. The van der Waals surface area contributed by atoms with Gasteiger partial charge in [-0.2, -0.15) is 0 Å². The van der Waals surface area contributed by atoms with E-state index in [-0.39, 0.29) is 11.8 Å². The zero-order valence-electron chi connectivity index (χ0n) is 9.10. The van der Waals surface area contributed by atoms with Crippen LogP contribution in [0.1, 0.15) is 43.2 Å². The minimum absolute atomic E-state index is 0.146. The first-order valence-electron chi connectivity index (χ1n) is 5.42. The molecule has 0 heterocycles. The number of hydrogen-bond acceptors (Lipinski definition) is 1. The van der Waals surface area contributed by atoms with Gasteiger partial charge in [-0.1, -0.05) is 38.1 Å². The molecule has 0 spiro atoms. The molecule has 0 bridgehead atoms. The Morgan fingerprint density at radius 2 is 2.20 bits per heavy atom. The molecule has 1 aromatic carbocycles. The molecule has 0 aliphatic heterocycles. The van der Waals surface area contributed by atoms with E-state index < -0.39 is 5.97 Å². The molecule has 0 aromatic heterocycles. The van der Waals surface area contributed by atoms with Crippen molar-refractivity contribution < 1.29 is 9.90 Å². The first-order chi connectivity index (χ1) is 7.09. The van der Waals surface area contributed by atoms with Crippen molar-refractivity contribution >= 4 is 5.97 Å². The highest BCUT2D eigenvalue weighted by atomic mass is 16.4.